The smallest absolute Gasteiger partial charge is 0.189 e. The molecule has 0 amide bonds. The third kappa shape index (κ3) is 2.85. The number of rotatable bonds is 4. The Labute approximate surface area is 120 Å². The first-order chi connectivity index (χ1) is 10.1. The zero-order valence-corrected chi connectivity index (χ0v) is 11.5. The van der Waals surface area contributed by atoms with Crippen LogP contribution in [0.25, 0.3) is 10.9 Å². The van der Waals surface area contributed by atoms with Crippen molar-refractivity contribution in [3.05, 3.63) is 64.0 Å². The Morgan fingerprint density at radius 3 is 2.95 bits per heavy atom. The van der Waals surface area contributed by atoms with E-state index in [0.29, 0.717) is 24.2 Å². The minimum absolute atomic E-state index is 0.187. The van der Waals surface area contributed by atoms with E-state index in [9.17, 15) is 9.18 Å². The molecular weight excluding hydrogens is 273 g/mol. The van der Waals surface area contributed by atoms with E-state index in [0.717, 1.165) is 5.69 Å². The fourth-order valence-corrected chi connectivity index (χ4v) is 2.32. The molecule has 0 spiro atoms. The summed E-state index contributed by atoms with van der Waals surface area (Å²) in [6.07, 6.45) is 1.51. The Bertz CT molecular complexity index is 811. The Morgan fingerprint density at radius 1 is 1.33 bits per heavy atom. The van der Waals surface area contributed by atoms with Crippen molar-refractivity contribution >= 4 is 10.9 Å². The number of benzene rings is 1. The van der Waals surface area contributed by atoms with Crippen LogP contribution in [0.4, 0.5) is 4.39 Å². The SMILES string of the molecule is CN(Cc1ccon1)Cc1cc(=O)c2cccc(F)c2[nH]1. The quantitative estimate of drug-likeness (QED) is 0.799. The molecule has 0 radical (unpaired) electrons. The third-order valence-electron chi connectivity index (χ3n) is 3.23. The van der Waals surface area contributed by atoms with Gasteiger partial charge in [0.1, 0.15) is 12.1 Å². The largest absolute Gasteiger partial charge is 0.364 e. The minimum atomic E-state index is -0.425. The molecule has 0 unspecified atom stereocenters. The second kappa shape index (κ2) is 5.49. The first-order valence-corrected chi connectivity index (χ1v) is 6.52. The normalized spacial score (nSPS) is 11.4. The summed E-state index contributed by atoms with van der Waals surface area (Å²) in [5.41, 5.74) is 1.51. The Morgan fingerprint density at radius 2 is 2.19 bits per heavy atom. The van der Waals surface area contributed by atoms with E-state index in [1.807, 2.05) is 11.9 Å². The number of aromatic nitrogens is 2. The number of pyridine rings is 1. The molecule has 5 nitrogen and oxygen atoms in total. The molecule has 0 aliphatic rings. The highest BCUT2D eigenvalue weighted by Gasteiger charge is 2.09. The summed E-state index contributed by atoms with van der Waals surface area (Å²) >= 11 is 0. The van der Waals surface area contributed by atoms with Crippen molar-refractivity contribution < 1.29 is 8.91 Å². The van der Waals surface area contributed by atoms with Crippen molar-refractivity contribution in [1.29, 1.82) is 0 Å². The first-order valence-electron chi connectivity index (χ1n) is 6.52. The van der Waals surface area contributed by atoms with Crippen LogP contribution in [0.1, 0.15) is 11.4 Å². The molecule has 108 valence electrons. The molecule has 6 heteroatoms. The molecule has 0 bridgehead atoms. The lowest BCUT2D eigenvalue weighted by atomic mass is 10.2. The van der Waals surface area contributed by atoms with E-state index in [2.05, 4.69) is 10.1 Å². The topological polar surface area (TPSA) is 62.1 Å². The van der Waals surface area contributed by atoms with E-state index in [1.54, 1.807) is 12.1 Å². The van der Waals surface area contributed by atoms with E-state index < -0.39 is 5.82 Å². The van der Waals surface area contributed by atoms with E-state index in [1.165, 1.54) is 24.5 Å². The lowest BCUT2D eigenvalue weighted by Gasteiger charge is -2.15. The molecule has 0 saturated heterocycles. The van der Waals surface area contributed by atoms with Gasteiger partial charge in [0, 0.05) is 36.3 Å². The zero-order valence-electron chi connectivity index (χ0n) is 11.5. The fraction of sp³-hybridized carbons (Fsp3) is 0.200. The molecule has 3 aromatic rings. The van der Waals surface area contributed by atoms with Crippen LogP contribution in [0, 0.1) is 5.82 Å². The number of nitrogens with zero attached hydrogens (tertiary/aromatic N) is 2. The van der Waals surface area contributed by atoms with Gasteiger partial charge in [-0.1, -0.05) is 11.2 Å². The predicted molar refractivity (Wildman–Crippen MR) is 76.2 cm³/mol. The van der Waals surface area contributed by atoms with Gasteiger partial charge in [0.25, 0.3) is 0 Å². The summed E-state index contributed by atoms with van der Waals surface area (Å²) in [5.74, 6) is -0.425. The highest BCUT2D eigenvalue weighted by atomic mass is 19.1. The standard InChI is InChI=1S/C15H14FN3O2/c1-19(8-10-5-6-21-18-10)9-11-7-14(20)12-3-2-4-13(16)15(12)17-11/h2-7H,8-9H2,1H3,(H,17,20). The molecule has 0 atom stereocenters. The number of hydrogen-bond acceptors (Lipinski definition) is 4. The average Bonchev–Trinajstić information content (AvgIpc) is 2.93. The summed E-state index contributed by atoms with van der Waals surface area (Å²) in [7, 11) is 1.89. The van der Waals surface area contributed by atoms with Gasteiger partial charge in [0.2, 0.25) is 0 Å². The number of fused-ring (bicyclic) bond motifs is 1. The Balaban J connectivity index is 1.87. The second-order valence-corrected chi connectivity index (χ2v) is 4.98. The van der Waals surface area contributed by atoms with Gasteiger partial charge in [-0.05, 0) is 19.2 Å². The summed E-state index contributed by atoms with van der Waals surface area (Å²) in [6, 6.07) is 7.75. The molecule has 21 heavy (non-hydrogen) atoms. The highest BCUT2D eigenvalue weighted by Crippen LogP contribution is 2.13. The van der Waals surface area contributed by atoms with Crippen LogP contribution in [-0.2, 0) is 13.1 Å². The van der Waals surface area contributed by atoms with Crippen LogP contribution in [0.3, 0.4) is 0 Å². The van der Waals surface area contributed by atoms with Gasteiger partial charge in [0.05, 0.1) is 11.2 Å². The highest BCUT2D eigenvalue weighted by molar-refractivity contribution is 5.78. The monoisotopic (exact) mass is 287 g/mol. The van der Waals surface area contributed by atoms with Crippen molar-refractivity contribution in [2.75, 3.05) is 7.05 Å². The summed E-state index contributed by atoms with van der Waals surface area (Å²) in [5, 5.41) is 4.19. The maximum absolute atomic E-state index is 13.8. The van der Waals surface area contributed by atoms with Gasteiger partial charge in [0.15, 0.2) is 5.43 Å². The number of nitrogens with one attached hydrogen (secondary N) is 1. The Kier molecular flexibility index (Phi) is 3.53. The average molecular weight is 287 g/mol. The molecule has 0 saturated carbocycles. The summed E-state index contributed by atoms with van der Waals surface area (Å²) in [6.45, 7) is 1.06. The minimum Gasteiger partial charge on any atom is -0.364 e. The molecule has 0 aliphatic carbocycles. The van der Waals surface area contributed by atoms with Crippen LogP contribution in [0.5, 0.6) is 0 Å². The lowest BCUT2D eigenvalue weighted by Crippen LogP contribution is -2.19. The number of hydrogen-bond donors (Lipinski definition) is 1. The maximum atomic E-state index is 13.8. The molecule has 2 heterocycles. The zero-order chi connectivity index (χ0) is 14.8. The maximum Gasteiger partial charge on any atom is 0.189 e. The Hall–Kier alpha value is -2.47. The van der Waals surface area contributed by atoms with Gasteiger partial charge in [-0.3, -0.25) is 9.69 Å². The van der Waals surface area contributed by atoms with Crippen LogP contribution < -0.4 is 5.43 Å². The van der Waals surface area contributed by atoms with Gasteiger partial charge < -0.3 is 9.51 Å². The van der Waals surface area contributed by atoms with Gasteiger partial charge in [-0.2, -0.15) is 0 Å². The van der Waals surface area contributed by atoms with Crippen molar-refractivity contribution in [3.8, 4) is 0 Å². The molecule has 1 N–H and O–H groups in total. The molecule has 0 fully saturated rings. The van der Waals surface area contributed by atoms with Gasteiger partial charge in [-0.25, -0.2) is 4.39 Å². The number of para-hydroxylation sites is 1. The van der Waals surface area contributed by atoms with Gasteiger partial charge >= 0.3 is 0 Å². The van der Waals surface area contributed by atoms with E-state index in [4.69, 9.17) is 4.52 Å². The van der Waals surface area contributed by atoms with Crippen molar-refractivity contribution in [1.82, 2.24) is 15.0 Å². The third-order valence-corrected chi connectivity index (χ3v) is 3.23. The van der Waals surface area contributed by atoms with Crippen LogP contribution >= 0.6 is 0 Å². The molecular formula is C15H14FN3O2. The fourth-order valence-electron chi connectivity index (χ4n) is 2.32. The molecule has 0 aliphatic heterocycles. The van der Waals surface area contributed by atoms with Crippen molar-refractivity contribution in [2.24, 2.45) is 0 Å². The first kappa shape index (κ1) is 13.5. The summed E-state index contributed by atoms with van der Waals surface area (Å²) in [4.78, 5) is 17.0. The number of aromatic amines is 1. The number of H-pyrrole nitrogens is 1. The van der Waals surface area contributed by atoms with Crippen LogP contribution in [0.15, 0.2) is 45.9 Å². The number of halogens is 1. The van der Waals surface area contributed by atoms with E-state index >= 15 is 0 Å². The van der Waals surface area contributed by atoms with Gasteiger partial charge in [-0.15, -0.1) is 0 Å². The second-order valence-electron chi connectivity index (χ2n) is 4.98. The predicted octanol–water partition coefficient (Wildman–Crippen LogP) is 2.29. The van der Waals surface area contributed by atoms with Crippen molar-refractivity contribution in [2.45, 2.75) is 13.1 Å². The summed E-state index contributed by atoms with van der Waals surface area (Å²) < 4.78 is 18.6. The van der Waals surface area contributed by atoms with Crippen LogP contribution in [-0.4, -0.2) is 22.1 Å². The lowest BCUT2D eigenvalue weighted by molar-refractivity contribution is 0.300. The van der Waals surface area contributed by atoms with Crippen molar-refractivity contribution in [3.63, 3.8) is 0 Å². The molecule has 3 rings (SSSR count). The molecule has 1 aromatic carbocycles. The van der Waals surface area contributed by atoms with Crippen LogP contribution in [0.2, 0.25) is 0 Å². The van der Waals surface area contributed by atoms with E-state index in [-0.39, 0.29) is 10.9 Å². The molecule has 2 aromatic heterocycles.